The molecule has 3 heteroatoms. The molecule has 1 aromatic heterocycles. The topological polar surface area (TPSA) is 38.0 Å². The van der Waals surface area contributed by atoms with E-state index >= 15 is 0 Å². The average Bonchev–Trinajstić information content (AvgIpc) is 2.41. The minimum Gasteiger partial charge on any atom is -0.392 e. The van der Waals surface area contributed by atoms with E-state index in [-0.39, 0.29) is 6.10 Å². The zero-order valence-corrected chi connectivity index (χ0v) is 9.54. The Kier molecular flexibility index (Phi) is 3.69. The Balaban J connectivity index is 3.07. The van der Waals surface area contributed by atoms with Gasteiger partial charge in [-0.25, -0.2) is 4.98 Å². The molecule has 0 radical (unpaired) electrons. The van der Waals surface area contributed by atoms with Crippen molar-refractivity contribution in [1.29, 1.82) is 0 Å². The first-order chi connectivity index (χ1) is 6.60. The first kappa shape index (κ1) is 11.2. The second-order valence-corrected chi connectivity index (χ2v) is 3.73. The average molecular weight is 196 g/mol. The molecular weight excluding hydrogens is 176 g/mol. The molecule has 80 valence electrons. The highest BCUT2D eigenvalue weighted by Crippen LogP contribution is 2.13. The van der Waals surface area contributed by atoms with E-state index in [0.29, 0.717) is 6.54 Å². The van der Waals surface area contributed by atoms with E-state index in [2.05, 4.69) is 23.4 Å². The molecule has 0 aliphatic carbocycles. The number of aryl methyl sites for hydroxylation is 2. The fourth-order valence-corrected chi connectivity index (χ4v) is 1.87. The summed E-state index contributed by atoms with van der Waals surface area (Å²) in [5.74, 6) is 1.08. The summed E-state index contributed by atoms with van der Waals surface area (Å²) in [5.41, 5.74) is 2.35. The normalized spacial score (nSPS) is 13.2. The van der Waals surface area contributed by atoms with Crippen LogP contribution in [-0.4, -0.2) is 20.8 Å². The number of imidazole rings is 1. The lowest BCUT2D eigenvalue weighted by atomic mass is 10.2. The summed E-state index contributed by atoms with van der Waals surface area (Å²) >= 11 is 0. The molecule has 1 N–H and O–H groups in total. The number of rotatable bonds is 4. The third-order valence-corrected chi connectivity index (χ3v) is 2.45. The zero-order chi connectivity index (χ0) is 10.7. The van der Waals surface area contributed by atoms with E-state index in [1.807, 2.05) is 13.8 Å². The largest absolute Gasteiger partial charge is 0.392 e. The third-order valence-electron chi connectivity index (χ3n) is 2.45. The zero-order valence-electron chi connectivity index (χ0n) is 9.54. The maximum atomic E-state index is 9.41. The summed E-state index contributed by atoms with van der Waals surface area (Å²) < 4.78 is 2.15. The fraction of sp³-hybridized carbons (Fsp3) is 0.727. The summed E-state index contributed by atoms with van der Waals surface area (Å²) in [5, 5.41) is 9.41. The highest BCUT2D eigenvalue weighted by molar-refractivity contribution is 5.16. The minimum atomic E-state index is -0.306. The van der Waals surface area contributed by atoms with Gasteiger partial charge in [0.1, 0.15) is 5.82 Å². The predicted molar refractivity (Wildman–Crippen MR) is 57.4 cm³/mol. The van der Waals surface area contributed by atoms with E-state index in [4.69, 9.17) is 0 Å². The Morgan fingerprint density at radius 2 is 2.00 bits per heavy atom. The van der Waals surface area contributed by atoms with Gasteiger partial charge in [0, 0.05) is 18.7 Å². The van der Waals surface area contributed by atoms with E-state index in [0.717, 1.165) is 24.4 Å². The van der Waals surface area contributed by atoms with Crippen LogP contribution in [0.5, 0.6) is 0 Å². The van der Waals surface area contributed by atoms with E-state index < -0.39 is 0 Å². The van der Waals surface area contributed by atoms with Crippen LogP contribution in [0.2, 0.25) is 0 Å². The number of aromatic nitrogens is 2. The predicted octanol–water partition coefficient (Wildman–Crippen LogP) is 1.70. The number of hydrogen-bond donors (Lipinski definition) is 1. The molecule has 0 aliphatic rings. The second-order valence-electron chi connectivity index (χ2n) is 3.73. The van der Waals surface area contributed by atoms with Gasteiger partial charge in [-0.05, 0) is 20.3 Å². The van der Waals surface area contributed by atoms with E-state index in [9.17, 15) is 5.11 Å². The highest BCUT2D eigenvalue weighted by Gasteiger charge is 2.12. The quantitative estimate of drug-likeness (QED) is 0.796. The smallest absolute Gasteiger partial charge is 0.108 e. The molecule has 1 aromatic rings. The standard InChI is InChI=1S/C11H20N2O/c1-5-10-9(4)12-11(6-2)13(10)7-8(3)14/h8,14H,5-7H2,1-4H3. The number of nitrogens with zero attached hydrogens (tertiary/aromatic N) is 2. The summed E-state index contributed by atoms with van der Waals surface area (Å²) in [6, 6.07) is 0. The van der Waals surface area contributed by atoms with Crippen molar-refractivity contribution < 1.29 is 5.11 Å². The van der Waals surface area contributed by atoms with Crippen LogP contribution in [-0.2, 0) is 19.4 Å². The summed E-state index contributed by atoms with van der Waals surface area (Å²) in [7, 11) is 0. The van der Waals surface area contributed by atoms with Crippen molar-refractivity contribution in [3.63, 3.8) is 0 Å². The van der Waals surface area contributed by atoms with Crippen LogP contribution in [0.15, 0.2) is 0 Å². The maximum absolute atomic E-state index is 9.41. The van der Waals surface area contributed by atoms with Crippen LogP contribution in [0.3, 0.4) is 0 Å². The van der Waals surface area contributed by atoms with Gasteiger partial charge in [0.05, 0.1) is 11.8 Å². The van der Waals surface area contributed by atoms with Crippen LogP contribution in [0.1, 0.15) is 38.0 Å². The van der Waals surface area contributed by atoms with Crippen molar-refractivity contribution in [2.45, 2.75) is 53.2 Å². The minimum absolute atomic E-state index is 0.306. The molecule has 0 spiro atoms. The van der Waals surface area contributed by atoms with Crippen LogP contribution < -0.4 is 0 Å². The van der Waals surface area contributed by atoms with Gasteiger partial charge >= 0.3 is 0 Å². The van der Waals surface area contributed by atoms with Crippen LogP contribution in [0.4, 0.5) is 0 Å². The molecule has 0 amide bonds. The Hall–Kier alpha value is -0.830. The molecule has 1 atom stereocenters. The molecule has 14 heavy (non-hydrogen) atoms. The Bertz CT molecular complexity index is 302. The maximum Gasteiger partial charge on any atom is 0.108 e. The monoisotopic (exact) mass is 196 g/mol. The first-order valence-corrected chi connectivity index (χ1v) is 5.33. The highest BCUT2D eigenvalue weighted by atomic mass is 16.3. The molecule has 0 saturated carbocycles. The van der Waals surface area contributed by atoms with Gasteiger partial charge in [0.25, 0.3) is 0 Å². The Labute approximate surface area is 85.8 Å². The van der Waals surface area contributed by atoms with Crippen LogP contribution in [0.25, 0.3) is 0 Å². The van der Waals surface area contributed by atoms with Gasteiger partial charge in [-0.1, -0.05) is 13.8 Å². The van der Waals surface area contributed by atoms with Gasteiger partial charge in [0.15, 0.2) is 0 Å². The van der Waals surface area contributed by atoms with Crippen molar-refractivity contribution in [1.82, 2.24) is 9.55 Å². The molecule has 0 bridgehead atoms. The molecule has 1 unspecified atom stereocenters. The summed E-state index contributed by atoms with van der Waals surface area (Å²) in [6.07, 6.45) is 1.60. The van der Waals surface area contributed by atoms with Crippen molar-refractivity contribution in [3.05, 3.63) is 17.2 Å². The van der Waals surface area contributed by atoms with Crippen molar-refractivity contribution in [3.8, 4) is 0 Å². The molecule has 0 aliphatic heterocycles. The summed E-state index contributed by atoms with van der Waals surface area (Å²) in [6.45, 7) is 8.74. The fourth-order valence-electron chi connectivity index (χ4n) is 1.87. The molecular formula is C11H20N2O. The van der Waals surface area contributed by atoms with Gasteiger partial charge < -0.3 is 9.67 Å². The number of aliphatic hydroxyl groups excluding tert-OH is 1. The molecule has 3 nitrogen and oxygen atoms in total. The van der Waals surface area contributed by atoms with E-state index in [1.165, 1.54) is 5.69 Å². The van der Waals surface area contributed by atoms with Gasteiger partial charge in [-0.15, -0.1) is 0 Å². The van der Waals surface area contributed by atoms with Gasteiger partial charge in [0.2, 0.25) is 0 Å². The van der Waals surface area contributed by atoms with Crippen LogP contribution >= 0.6 is 0 Å². The third kappa shape index (κ3) is 2.15. The number of aliphatic hydroxyl groups is 1. The Morgan fingerprint density at radius 3 is 2.43 bits per heavy atom. The molecule has 1 rings (SSSR count). The van der Waals surface area contributed by atoms with Crippen molar-refractivity contribution in [2.24, 2.45) is 0 Å². The lowest BCUT2D eigenvalue weighted by Crippen LogP contribution is -2.16. The Morgan fingerprint density at radius 1 is 1.36 bits per heavy atom. The first-order valence-electron chi connectivity index (χ1n) is 5.33. The SMILES string of the molecule is CCc1nc(C)c(CC)n1CC(C)O. The number of hydrogen-bond acceptors (Lipinski definition) is 2. The lowest BCUT2D eigenvalue weighted by Gasteiger charge is -2.12. The molecule has 1 heterocycles. The van der Waals surface area contributed by atoms with Crippen molar-refractivity contribution in [2.75, 3.05) is 0 Å². The summed E-state index contributed by atoms with van der Waals surface area (Å²) in [4.78, 5) is 4.50. The molecule has 0 aromatic carbocycles. The molecule has 0 saturated heterocycles. The second kappa shape index (κ2) is 4.60. The van der Waals surface area contributed by atoms with Gasteiger partial charge in [-0.2, -0.15) is 0 Å². The van der Waals surface area contributed by atoms with Gasteiger partial charge in [-0.3, -0.25) is 0 Å². The van der Waals surface area contributed by atoms with E-state index in [1.54, 1.807) is 0 Å². The lowest BCUT2D eigenvalue weighted by molar-refractivity contribution is 0.171. The van der Waals surface area contributed by atoms with Crippen molar-refractivity contribution >= 4 is 0 Å². The molecule has 0 fully saturated rings. The van der Waals surface area contributed by atoms with Crippen LogP contribution in [0, 0.1) is 6.92 Å².